The summed E-state index contributed by atoms with van der Waals surface area (Å²) in [5, 5.41) is 14.6. The average Bonchev–Trinajstić information content (AvgIpc) is 3.05. The first kappa shape index (κ1) is 15.6. The molecule has 0 saturated heterocycles. The summed E-state index contributed by atoms with van der Waals surface area (Å²) >= 11 is 0. The zero-order chi connectivity index (χ0) is 15.1. The van der Waals surface area contributed by atoms with Gasteiger partial charge in [0.2, 0.25) is 0 Å². The first-order chi connectivity index (χ1) is 10.2. The van der Waals surface area contributed by atoms with Crippen LogP contribution in [0.25, 0.3) is 0 Å². The van der Waals surface area contributed by atoms with Crippen LogP contribution in [-0.4, -0.2) is 11.1 Å². The molecule has 2 rings (SSSR count). The van der Waals surface area contributed by atoms with Crippen LogP contribution >= 0.6 is 0 Å². The number of nitrogens with one attached hydrogen (secondary N) is 2. The third-order valence-corrected chi connectivity index (χ3v) is 4.09. The molecule has 0 spiro atoms. The van der Waals surface area contributed by atoms with Crippen molar-refractivity contribution in [3.8, 4) is 0 Å². The molecule has 3 N–H and O–H groups in total. The van der Waals surface area contributed by atoms with Crippen molar-refractivity contribution in [1.82, 2.24) is 10.6 Å². The normalized spacial score (nSPS) is 16.0. The molecule has 21 heavy (non-hydrogen) atoms. The summed E-state index contributed by atoms with van der Waals surface area (Å²) in [5.41, 5.74) is 3.15. The fourth-order valence-corrected chi connectivity index (χ4v) is 2.67. The maximum absolute atomic E-state index is 11.8. The van der Waals surface area contributed by atoms with Crippen LogP contribution < -0.4 is 10.6 Å². The molecule has 1 fully saturated rings. The van der Waals surface area contributed by atoms with Gasteiger partial charge in [-0.3, -0.25) is 0 Å². The molecule has 0 atom stereocenters. The van der Waals surface area contributed by atoms with Crippen LogP contribution in [0, 0.1) is 5.92 Å². The Hall–Kier alpha value is -1.81. The zero-order valence-electron chi connectivity index (χ0n) is 12.6. The summed E-state index contributed by atoms with van der Waals surface area (Å²) in [7, 11) is 0. The standard InChI is InChI=1S/C17H24N2O2/c1-13(16-4-2-3-5-16)10-18-17(21)19-11-14-6-8-15(12-20)9-7-14/h6-10,16,20H,2-5,11-12H2,1H3,(H2,18,19,21)/b13-10+. The van der Waals surface area contributed by atoms with Crippen LogP contribution in [0.3, 0.4) is 0 Å². The Morgan fingerprint density at radius 3 is 2.48 bits per heavy atom. The minimum atomic E-state index is -0.182. The number of hydrogen-bond donors (Lipinski definition) is 3. The maximum Gasteiger partial charge on any atom is 0.319 e. The van der Waals surface area contributed by atoms with Gasteiger partial charge in [-0.15, -0.1) is 0 Å². The molecule has 4 nitrogen and oxygen atoms in total. The topological polar surface area (TPSA) is 61.4 Å². The lowest BCUT2D eigenvalue weighted by atomic mass is 10.0. The van der Waals surface area contributed by atoms with Crippen LogP contribution in [-0.2, 0) is 13.2 Å². The average molecular weight is 288 g/mol. The predicted octanol–water partition coefficient (Wildman–Crippen LogP) is 3.07. The molecule has 0 bridgehead atoms. The van der Waals surface area contributed by atoms with Gasteiger partial charge in [-0.2, -0.15) is 0 Å². The number of aliphatic hydroxyl groups is 1. The fourth-order valence-electron chi connectivity index (χ4n) is 2.67. The summed E-state index contributed by atoms with van der Waals surface area (Å²) < 4.78 is 0. The summed E-state index contributed by atoms with van der Waals surface area (Å²) in [6, 6.07) is 7.35. The van der Waals surface area contributed by atoms with Crippen molar-refractivity contribution in [2.24, 2.45) is 5.92 Å². The molecular formula is C17H24N2O2. The van der Waals surface area contributed by atoms with E-state index in [-0.39, 0.29) is 12.6 Å². The van der Waals surface area contributed by atoms with Crippen LogP contribution in [0.4, 0.5) is 4.79 Å². The van der Waals surface area contributed by atoms with Gasteiger partial charge in [0.25, 0.3) is 0 Å². The van der Waals surface area contributed by atoms with Crippen LogP contribution in [0.15, 0.2) is 36.0 Å². The molecule has 1 aliphatic rings. The van der Waals surface area contributed by atoms with E-state index < -0.39 is 0 Å². The second-order valence-electron chi connectivity index (χ2n) is 5.67. The van der Waals surface area contributed by atoms with Crippen molar-refractivity contribution < 1.29 is 9.90 Å². The maximum atomic E-state index is 11.8. The Morgan fingerprint density at radius 2 is 1.86 bits per heavy atom. The van der Waals surface area contributed by atoms with Gasteiger partial charge >= 0.3 is 6.03 Å². The van der Waals surface area contributed by atoms with Gasteiger partial charge in [-0.05, 0) is 36.8 Å². The third-order valence-electron chi connectivity index (χ3n) is 4.09. The number of amides is 2. The number of urea groups is 1. The highest BCUT2D eigenvalue weighted by Gasteiger charge is 2.16. The summed E-state index contributed by atoms with van der Waals surface area (Å²) in [5.74, 6) is 0.635. The van der Waals surface area contributed by atoms with Gasteiger partial charge in [-0.1, -0.05) is 42.7 Å². The van der Waals surface area contributed by atoms with Gasteiger partial charge in [0.1, 0.15) is 0 Å². The molecule has 1 aromatic carbocycles. The van der Waals surface area contributed by atoms with Crippen molar-refractivity contribution in [2.75, 3.05) is 0 Å². The van der Waals surface area contributed by atoms with Crippen molar-refractivity contribution in [3.05, 3.63) is 47.2 Å². The van der Waals surface area contributed by atoms with E-state index in [1.54, 1.807) is 0 Å². The van der Waals surface area contributed by atoms with Gasteiger partial charge in [0.05, 0.1) is 6.61 Å². The molecule has 1 aromatic rings. The Kier molecular flexibility index (Phi) is 5.81. The van der Waals surface area contributed by atoms with Gasteiger partial charge in [-0.25, -0.2) is 4.79 Å². The molecule has 0 heterocycles. The number of hydrogen-bond acceptors (Lipinski definition) is 2. The molecule has 0 aromatic heterocycles. The van der Waals surface area contributed by atoms with E-state index in [1.165, 1.54) is 31.3 Å². The van der Waals surface area contributed by atoms with E-state index in [2.05, 4.69) is 17.6 Å². The smallest absolute Gasteiger partial charge is 0.319 e. The number of carbonyl (C=O) groups excluding carboxylic acids is 1. The van der Waals surface area contributed by atoms with Crippen molar-refractivity contribution in [2.45, 2.75) is 45.8 Å². The van der Waals surface area contributed by atoms with E-state index in [0.717, 1.165) is 11.1 Å². The van der Waals surface area contributed by atoms with Crippen molar-refractivity contribution in [3.63, 3.8) is 0 Å². The molecule has 0 radical (unpaired) electrons. The van der Waals surface area contributed by atoms with E-state index in [0.29, 0.717) is 12.5 Å². The Balaban J connectivity index is 1.74. The van der Waals surface area contributed by atoms with Crippen LogP contribution in [0.2, 0.25) is 0 Å². The van der Waals surface area contributed by atoms with E-state index in [9.17, 15) is 4.79 Å². The second-order valence-corrected chi connectivity index (χ2v) is 5.67. The second kappa shape index (κ2) is 7.84. The number of carbonyl (C=O) groups is 1. The van der Waals surface area contributed by atoms with Gasteiger partial charge in [0, 0.05) is 12.7 Å². The first-order valence-electron chi connectivity index (χ1n) is 7.58. The summed E-state index contributed by atoms with van der Waals surface area (Å²) in [6.07, 6.45) is 6.91. The predicted molar refractivity (Wildman–Crippen MR) is 83.5 cm³/mol. The Morgan fingerprint density at radius 1 is 1.24 bits per heavy atom. The number of allylic oxidation sites excluding steroid dienone is 1. The quantitative estimate of drug-likeness (QED) is 0.779. The number of benzene rings is 1. The molecule has 0 unspecified atom stereocenters. The van der Waals surface area contributed by atoms with E-state index in [1.807, 2.05) is 30.5 Å². The Labute approximate surface area is 126 Å². The minimum Gasteiger partial charge on any atom is -0.392 e. The minimum absolute atomic E-state index is 0.0411. The zero-order valence-corrected chi connectivity index (χ0v) is 12.6. The lowest BCUT2D eigenvalue weighted by molar-refractivity contribution is 0.243. The highest BCUT2D eigenvalue weighted by Crippen LogP contribution is 2.30. The van der Waals surface area contributed by atoms with Crippen LogP contribution in [0.5, 0.6) is 0 Å². The molecule has 0 aliphatic heterocycles. The molecule has 4 heteroatoms. The SMILES string of the molecule is C/C(=C\NC(=O)NCc1ccc(CO)cc1)C1CCCC1. The molecular weight excluding hydrogens is 264 g/mol. The highest BCUT2D eigenvalue weighted by atomic mass is 16.3. The third kappa shape index (κ3) is 4.90. The van der Waals surface area contributed by atoms with Gasteiger partial charge < -0.3 is 15.7 Å². The molecule has 2 amide bonds. The monoisotopic (exact) mass is 288 g/mol. The lowest BCUT2D eigenvalue weighted by Gasteiger charge is -2.10. The summed E-state index contributed by atoms with van der Waals surface area (Å²) in [4.78, 5) is 11.8. The molecule has 114 valence electrons. The Bertz CT molecular complexity index is 488. The fraction of sp³-hybridized carbons (Fsp3) is 0.471. The van der Waals surface area contributed by atoms with Crippen molar-refractivity contribution >= 4 is 6.03 Å². The molecule has 1 saturated carbocycles. The summed E-state index contributed by atoms with van der Waals surface area (Å²) in [6.45, 7) is 2.61. The highest BCUT2D eigenvalue weighted by molar-refractivity contribution is 5.74. The largest absolute Gasteiger partial charge is 0.392 e. The lowest BCUT2D eigenvalue weighted by Crippen LogP contribution is -2.32. The van der Waals surface area contributed by atoms with E-state index >= 15 is 0 Å². The van der Waals surface area contributed by atoms with E-state index in [4.69, 9.17) is 5.11 Å². The first-order valence-corrected chi connectivity index (χ1v) is 7.58. The number of aliphatic hydroxyl groups excluding tert-OH is 1. The van der Waals surface area contributed by atoms with Crippen LogP contribution in [0.1, 0.15) is 43.7 Å². The van der Waals surface area contributed by atoms with Gasteiger partial charge in [0.15, 0.2) is 0 Å². The van der Waals surface area contributed by atoms with Crippen molar-refractivity contribution in [1.29, 1.82) is 0 Å². The number of rotatable bonds is 5. The molecule has 1 aliphatic carbocycles.